The fourth-order valence-electron chi connectivity index (χ4n) is 2.02. The number of nitrogens with one attached hydrogen (secondary N) is 1. The molecule has 140 valence electrons. The van der Waals surface area contributed by atoms with Crippen molar-refractivity contribution in [3.05, 3.63) is 29.3 Å². The minimum Gasteiger partial charge on any atom is -0.482 e. The molecule has 1 fully saturated rings. The van der Waals surface area contributed by atoms with Gasteiger partial charge in [0.25, 0.3) is 11.1 Å². The van der Waals surface area contributed by atoms with Crippen LogP contribution in [0.5, 0.6) is 5.75 Å². The second-order valence-electron chi connectivity index (χ2n) is 5.27. The number of ether oxygens (including phenoxy) is 2. The standard InChI is InChI=1S/C16H17ClN2O6S/c1-10(15(22)18-5-6-19-13(20)9-26-16(19)23)25-14(21)8-24-12-4-2-3-11(17)7-12/h2-4,7,10H,5-6,8-9H2,1H3,(H,18,22)/t10-/m0/s1. The topological polar surface area (TPSA) is 102 Å². The van der Waals surface area contributed by atoms with E-state index in [1.807, 2.05) is 0 Å². The Kier molecular flexibility index (Phi) is 7.28. The number of hydrogen-bond acceptors (Lipinski definition) is 7. The van der Waals surface area contributed by atoms with Crippen molar-refractivity contribution in [3.8, 4) is 5.75 Å². The van der Waals surface area contributed by atoms with Gasteiger partial charge in [0.2, 0.25) is 5.91 Å². The zero-order valence-corrected chi connectivity index (χ0v) is 15.5. The van der Waals surface area contributed by atoms with E-state index in [0.29, 0.717) is 10.8 Å². The molecule has 1 aliphatic rings. The molecule has 10 heteroatoms. The number of imide groups is 1. The number of rotatable bonds is 8. The van der Waals surface area contributed by atoms with Crippen LogP contribution in [0.1, 0.15) is 6.92 Å². The van der Waals surface area contributed by atoms with Crippen LogP contribution >= 0.6 is 23.4 Å². The Morgan fingerprint density at radius 1 is 1.38 bits per heavy atom. The highest BCUT2D eigenvalue weighted by Gasteiger charge is 2.29. The van der Waals surface area contributed by atoms with Crippen LogP contribution in [0.15, 0.2) is 24.3 Å². The van der Waals surface area contributed by atoms with E-state index in [9.17, 15) is 19.2 Å². The Bertz CT molecular complexity index is 698. The van der Waals surface area contributed by atoms with Crippen LogP contribution in [0.4, 0.5) is 4.79 Å². The molecule has 1 saturated heterocycles. The van der Waals surface area contributed by atoms with Crippen LogP contribution in [0.25, 0.3) is 0 Å². The van der Waals surface area contributed by atoms with Gasteiger partial charge in [0.1, 0.15) is 5.75 Å². The molecule has 0 aromatic heterocycles. The summed E-state index contributed by atoms with van der Waals surface area (Å²) in [4.78, 5) is 47.5. The van der Waals surface area contributed by atoms with E-state index in [2.05, 4.69) is 5.32 Å². The number of amides is 3. The molecule has 1 atom stereocenters. The molecule has 3 amide bonds. The number of carbonyl (C=O) groups is 4. The molecule has 8 nitrogen and oxygen atoms in total. The van der Waals surface area contributed by atoms with E-state index < -0.39 is 18.0 Å². The van der Waals surface area contributed by atoms with Crippen LogP contribution in [-0.4, -0.2) is 59.5 Å². The highest BCUT2D eigenvalue weighted by Crippen LogP contribution is 2.18. The number of hydrogen-bond donors (Lipinski definition) is 1. The number of carbonyl (C=O) groups excluding carboxylic acids is 4. The second-order valence-corrected chi connectivity index (χ2v) is 6.63. The minimum atomic E-state index is -1.04. The number of esters is 1. The Labute approximate surface area is 159 Å². The van der Waals surface area contributed by atoms with E-state index >= 15 is 0 Å². The largest absolute Gasteiger partial charge is 0.482 e. The van der Waals surface area contributed by atoms with Gasteiger partial charge in [-0.25, -0.2) is 4.79 Å². The molecule has 2 rings (SSSR count). The van der Waals surface area contributed by atoms with Crippen molar-refractivity contribution >= 4 is 46.4 Å². The van der Waals surface area contributed by atoms with Gasteiger partial charge in [0.05, 0.1) is 5.75 Å². The molecule has 1 N–H and O–H groups in total. The average molecular weight is 401 g/mol. The van der Waals surface area contributed by atoms with Gasteiger partial charge in [-0.2, -0.15) is 0 Å². The summed E-state index contributed by atoms with van der Waals surface area (Å²) in [7, 11) is 0. The average Bonchev–Trinajstić information content (AvgIpc) is 2.91. The summed E-state index contributed by atoms with van der Waals surface area (Å²) in [5.74, 6) is -1.01. The van der Waals surface area contributed by atoms with Gasteiger partial charge in [0, 0.05) is 18.1 Å². The van der Waals surface area contributed by atoms with Gasteiger partial charge in [-0.1, -0.05) is 29.4 Å². The van der Waals surface area contributed by atoms with E-state index in [0.717, 1.165) is 16.7 Å². The summed E-state index contributed by atoms with van der Waals surface area (Å²) >= 11 is 6.73. The van der Waals surface area contributed by atoms with Crippen molar-refractivity contribution in [2.45, 2.75) is 13.0 Å². The summed E-state index contributed by atoms with van der Waals surface area (Å²) in [5, 5.41) is 2.65. The number of benzene rings is 1. The maximum Gasteiger partial charge on any atom is 0.344 e. The third-order valence-electron chi connectivity index (χ3n) is 3.31. The Hall–Kier alpha value is -2.26. The molecule has 0 aliphatic carbocycles. The zero-order valence-electron chi connectivity index (χ0n) is 13.9. The fourth-order valence-corrected chi connectivity index (χ4v) is 2.95. The van der Waals surface area contributed by atoms with Gasteiger partial charge in [-0.3, -0.25) is 19.3 Å². The molecule has 0 bridgehead atoms. The summed E-state index contributed by atoms with van der Waals surface area (Å²) < 4.78 is 10.2. The number of nitrogens with zero attached hydrogens (tertiary/aromatic N) is 1. The smallest absolute Gasteiger partial charge is 0.344 e. The first-order valence-electron chi connectivity index (χ1n) is 7.69. The third-order valence-corrected chi connectivity index (χ3v) is 4.40. The lowest BCUT2D eigenvalue weighted by atomic mass is 10.3. The number of thioether (sulfide) groups is 1. The van der Waals surface area contributed by atoms with Crippen molar-refractivity contribution in [2.24, 2.45) is 0 Å². The van der Waals surface area contributed by atoms with Crippen molar-refractivity contribution in [1.29, 1.82) is 0 Å². The normalized spacial score (nSPS) is 14.9. The van der Waals surface area contributed by atoms with Crippen LogP contribution in [0.2, 0.25) is 5.02 Å². The number of halogens is 1. The van der Waals surface area contributed by atoms with Crippen LogP contribution in [0.3, 0.4) is 0 Å². The van der Waals surface area contributed by atoms with Gasteiger partial charge >= 0.3 is 5.97 Å². The Balaban J connectivity index is 1.68. The lowest BCUT2D eigenvalue weighted by Crippen LogP contribution is -2.42. The molecule has 0 spiro atoms. The molecule has 0 unspecified atom stereocenters. The van der Waals surface area contributed by atoms with Crippen molar-refractivity contribution in [2.75, 3.05) is 25.4 Å². The molecule has 0 saturated carbocycles. The van der Waals surface area contributed by atoms with E-state index in [1.165, 1.54) is 6.92 Å². The maximum absolute atomic E-state index is 11.9. The summed E-state index contributed by atoms with van der Waals surface area (Å²) in [6.45, 7) is 1.20. The second kappa shape index (κ2) is 9.44. The van der Waals surface area contributed by atoms with Crippen LogP contribution < -0.4 is 10.1 Å². The SMILES string of the molecule is C[C@H](OC(=O)COc1cccc(Cl)c1)C(=O)NCCN1C(=O)CSC1=O. The summed E-state index contributed by atoms with van der Waals surface area (Å²) in [5.41, 5.74) is 0. The monoisotopic (exact) mass is 400 g/mol. The first-order valence-corrected chi connectivity index (χ1v) is 9.06. The third kappa shape index (κ3) is 5.92. The summed E-state index contributed by atoms with van der Waals surface area (Å²) in [6, 6.07) is 6.52. The Morgan fingerprint density at radius 2 is 2.15 bits per heavy atom. The predicted molar refractivity (Wildman–Crippen MR) is 95.1 cm³/mol. The fraction of sp³-hybridized carbons (Fsp3) is 0.375. The first-order chi connectivity index (χ1) is 12.4. The van der Waals surface area contributed by atoms with Gasteiger partial charge in [-0.15, -0.1) is 0 Å². The lowest BCUT2D eigenvalue weighted by molar-refractivity contribution is -0.156. The quantitative estimate of drug-likeness (QED) is 0.659. The Morgan fingerprint density at radius 3 is 2.81 bits per heavy atom. The van der Waals surface area contributed by atoms with E-state index in [-0.39, 0.29) is 36.6 Å². The van der Waals surface area contributed by atoms with Gasteiger partial charge in [-0.05, 0) is 25.1 Å². The van der Waals surface area contributed by atoms with Gasteiger partial charge < -0.3 is 14.8 Å². The van der Waals surface area contributed by atoms with Crippen molar-refractivity contribution < 1.29 is 28.7 Å². The van der Waals surface area contributed by atoms with E-state index in [4.69, 9.17) is 21.1 Å². The molecular weight excluding hydrogens is 384 g/mol. The van der Waals surface area contributed by atoms with Gasteiger partial charge in [0.15, 0.2) is 12.7 Å². The lowest BCUT2D eigenvalue weighted by Gasteiger charge is -2.16. The van der Waals surface area contributed by atoms with E-state index in [1.54, 1.807) is 24.3 Å². The van der Waals surface area contributed by atoms with Crippen molar-refractivity contribution in [3.63, 3.8) is 0 Å². The highest BCUT2D eigenvalue weighted by atomic mass is 35.5. The van der Waals surface area contributed by atoms with Crippen LogP contribution in [-0.2, 0) is 19.1 Å². The molecular formula is C16H17ClN2O6S. The molecule has 0 radical (unpaired) electrons. The predicted octanol–water partition coefficient (Wildman–Crippen LogP) is 1.46. The van der Waals surface area contributed by atoms with Crippen LogP contribution in [0, 0.1) is 0 Å². The molecule has 1 heterocycles. The highest BCUT2D eigenvalue weighted by molar-refractivity contribution is 8.14. The van der Waals surface area contributed by atoms with Crippen molar-refractivity contribution in [1.82, 2.24) is 10.2 Å². The molecule has 1 aromatic rings. The summed E-state index contributed by atoms with van der Waals surface area (Å²) in [6.07, 6.45) is -1.04. The molecule has 26 heavy (non-hydrogen) atoms. The first kappa shape index (κ1) is 20.1. The zero-order chi connectivity index (χ0) is 19.1. The molecule has 1 aliphatic heterocycles. The minimum absolute atomic E-state index is 0.0783. The molecule has 1 aromatic carbocycles. The maximum atomic E-state index is 11.9.